The number of nitrogens with two attached hydrogens (primary N) is 2. The van der Waals surface area contributed by atoms with Crippen LogP contribution in [0.2, 0.25) is 0 Å². The van der Waals surface area contributed by atoms with Crippen LogP contribution < -0.4 is 26.3 Å². The van der Waals surface area contributed by atoms with Gasteiger partial charge >= 0.3 is 0 Å². The van der Waals surface area contributed by atoms with Crippen LogP contribution in [0.15, 0.2) is 58.1 Å². The first-order valence-corrected chi connectivity index (χ1v) is 9.81. The number of rotatable bonds is 7. The molecule has 1 unspecified atom stereocenters. The lowest BCUT2D eigenvalue weighted by Crippen LogP contribution is -2.57. The van der Waals surface area contributed by atoms with Crippen molar-refractivity contribution in [2.75, 3.05) is 7.11 Å². The van der Waals surface area contributed by atoms with Gasteiger partial charge in [-0.05, 0) is 52.4 Å². The highest BCUT2D eigenvalue weighted by atomic mass is 127. The third kappa shape index (κ3) is 5.15. The highest BCUT2D eigenvalue weighted by Gasteiger charge is 2.30. The summed E-state index contributed by atoms with van der Waals surface area (Å²) in [6.07, 6.45) is 2.88. The van der Waals surface area contributed by atoms with Crippen molar-refractivity contribution in [1.82, 2.24) is 10.3 Å². The zero-order valence-corrected chi connectivity index (χ0v) is 17.8. The summed E-state index contributed by atoms with van der Waals surface area (Å²) < 4.78 is 37.3. The van der Waals surface area contributed by atoms with Gasteiger partial charge in [0, 0.05) is 28.0 Å². The van der Waals surface area contributed by atoms with Crippen LogP contribution in [-0.2, 0) is 13.0 Å². The molecule has 154 valence electrons. The molecular weight excluding hydrogens is 493 g/mol. The molecule has 29 heavy (non-hydrogen) atoms. The number of dihydropyridines is 1. The maximum Gasteiger partial charge on any atom is 0.280 e. The van der Waals surface area contributed by atoms with Crippen molar-refractivity contribution in [2.24, 2.45) is 11.5 Å². The van der Waals surface area contributed by atoms with E-state index < -0.39 is 12.1 Å². The maximum absolute atomic E-state index is 12.6. The summed E-state index contributed by atoms with van der Waals surface area (Å²) in [5.41, 5.74) is 13.5. The van der Waals surface area contributed by atoms with Crippen molar-refractivity contribution in [3.8, 4) is 11.5 Å². The molecule has 1 aromatic carbocycles. The van der Waals surface area contributed by atoms with Crippen LogP contribution in [0, 0.1) is 0 Å². The predicted octanol–water partition coefficient (Wildman–Crippen LogP) is 3.53. The average molecular weight is 514 g/mol. The van der Waals surface area contributed by atoms with E-state index >= 15 is 0 Å². The van der Waals surface area contributed by atoms with Gasteiger partial charge in [-0.2, -0.15) is 0 Å². The first kappa shape index (κ1) is 21.3. The zero-order chi connectivity index (χ0) is 21.0. The number of methoxy groups -OCH3 is 1. The number of halogens is 3. The lowest BCUT2D eigenvalue weighted by molar-refractivity contribution is 0.146. The monoisotopic (exact) mass is 514 g/mol. The van der Waals surface area contributed by atoms with Gasteiger partial charge in [0.1, 0.15) is 18.0 Å². The highest BCUT2D eigenvalue weighted by Crippen LogP contribution is 2.31. The molecule has 1 atom stereocenters. The van der Waals surface area contributed by atoms with Crippen molar-refractivity contribution in [2.45, 2.75) is 25.1 Å². The van der Waals surface area contributed by atoms with E-state index in [1.54, 1.807) is 19.2 Å². The summed E-state index contributed by atoms with van der Waals surface area (Å²) in [6, 6.07) is 8.34. The Hall–Kier alpha value is -2.40. The molecular formula is C20H21F2IN4O2. The van der Waals surface area contributed by atoms with Crippen molar-refractivity contribution in [3.05, 3.63) is 74.9 Å². The van der Waals surface area contributed by atoms with E-state index in [0.717, 1.165) is 9.14 Å². The highest BCUT2D eigenvalue weighted by molar-refractivity contribution is 14.1. The number of nitrogens with one attached hydrogen (secondary N) is 1. The second-order valence-electron chi connectivity index (χ2n) is 6.59. The van der Waals surface area contributed by atoms with Gasteiger partial charge in [0.25, 0.3) is 6.43 Å². The molecule has 1 aliphatic heterocycles. The quantitative estimate of drug-likeness (QED) is 0.490. The molecule has 0 aliphatic carbocycles. The first-order valence-electron chi connectivity index (χ1n) is 8.73. The molecule has 9 heteroatoms. The lowest BCUT2D eigenvalue weighted by atomic mass is 9.95. The van der Waals surface area contributed by atoms with E-state index in [2.05, 4.69) is 32.9 Å². The van der Waals surface area contributed by atoms with Crippen molar-refractivity contribution >= 4 is 22.6 Å². The summed E-state index contributed by atoms with van der Waals surface area (Å²) in [5.74, 6) is 1.06. The lowest BCUT2D eigenvalue weighted by Gasteiger charge is -2.33. The molecule has 0 saturated heterocycles. The van der Waals surface area contributed by atoms with Gasteiger partial charge in [-0.1, -0.05) is 12.1 Å². The number of hydrogen-bond donors (Lipinski definition) is 3. The average Bonchev–Trinajstić information content (AvgIpc) is 2.70. The Kier molecular flexibility index (Phi) is 6.58. The number of alkyl halides is 2. The molecule has 2 aromatic rings. The Morgan fingerprint density at radius 1 is 1.21 bits per heavy atom. The van der Waals surface area contributed by atoms with Crippen LogP contribution in [0.25, 0.3) is 0 Å². The Morgan fingerprint density at radius 3 is 2.59 bits per heavy atom. The molecule has 1 aromatic heterocycles. The molecule has 0 amide bonds. The number of aromatic nitrogens is 1. The largest absolute Gasteiger partial charge is 0.493 e. The van der Waals surface area contributed by atoms with Crippen LogP contribution in [0.5, 0.6) is 11.5 Å². The maximum atomic E-state index is 12.6. The third-order valence-electron chi connectivity index (χ3n) is 4.45. The van der Waals surface area contributed by atoms with Crippen molar-refractivity contribution < 1.29 is 18.3 Å². The zero-order valence-electron chi connectivity index (χ0n) is 15.7. The third-order valence-corrected chi connectivity index (χ3v) is 5.08. The van der Waals surface area contributed by atoms with E-state index in [9.17, 15) is 8.78 Å². The molecule has 5 N–H and O–H groups in total. The summed E-state index contributed by atoms with van der Waals surface area (Å²) in [4.78, 5) is 3.73. The predicted molar refractivity (Wildman–Crippen MR) is 115 cm³/mol. The number of allylic oxidation sites excluding steroid dienone is 2. The summed E-state index contributed by atoms with van der Waals surface area (Å²) in [7, 11) is 1.54. The number of benzene rings is 1. The van der Waals surface area contributed by atoms with Crippen molar-refractivity contribution in [1.29, 1.82) is 0 Å². The fourth-order valence-corrected chi connectivity index (χ4v) is 3.32. The number of nitrogens with zero attached hydrogens (tertiary/aromatic N) is 1. The van der Waals surface area contributed by atoms with E-state index in [1.807, 2.05) is 24.4 Å². The van der Waals surface area contributed by atoms with Gasteiger partial charge < -0.3 is 26.3 Å². The van der Waals surface area contributed by atoms with Crippen molar-refractivity contribution in [3.63, 3.8) is 0 Å². The second kappa shape index (κ2) is 8.95. The van der Waals surface area contributed by atoms with Gasteiger partial charge in [-0.3, -0.25) is 4.98 Å². The summed E-state index contributed by atoms with van der Waals surface area (Å²) in [5, 5.41) is 3.14. The summed E-state index contributed by atoms with van der Waals surface area (Å²) >= 11 is 2.16. The Labute approximate surface area is 181 Å². The standard InChI is InChI=1S/C20H21F2IN4O2/c1-28-17-6-12(8-20(25)18(24)7-14(23)10-27-20)3-5-16(17)29-11-13-2-4-15(19(21)22)26-9-13/h2-7,9-10,19,27H,8,11,24-25H2,1H3. The second-order valence-corrected chi connectivity index (χ2v) is 7.83. The van der Waals surface area contributed by atoms with Gasteiger partial charge in [-0.15, -0.1) is 0 Å². The van der Waals surface area contributed by atoms with E-state index in [0.29, 0.717) is 29.2 Å². The van der Waals surface area contributed by atoms with Crippen LogP contribution in [0.3, 0.4) is 0 Å². The van der Waals surface area contributed by atoms with Crippen LogP contribution in [0.1, 0.15) is 23.2 Å². The number of ether oxygens (including phenoxy) is 2. The molecule has 2 heterocycles. The molecule has 1 aliphatic rings. The molecule has 0 spiro atoms. The molecule has 0 bridgehead atoms. The molecule has 3 rings (SSSR count). The minimum absolute atomic E-state index is 0.174. The van der Waals surface area contributed by atoms with Gasteiger partial charge in [0.15, 0.2) is 11.5 Å². The molecule has 6 nitrogen and oxygen atoms in total. The topological polar surface area (TPSA) is 95.4 Å². The number of hydrogen-bond acceptors (Lipinski definition) is 6. The molecule has 0 fully saturated rings. The Balaban J connectivity index is 1.69. The normalized spacial score (nSPS) is 18.7. The number of pyridine rings is 1. The smallest absolute Gasteiger partial charge is 0.280 e. The SMILES string of the molecule is COc1cc(CC2(N)NC=C(I)C=C2N)ccc1OCc1ccc(C(F)F)nc1. The fraction of sp³-hybridized carbons (Fsp3) is 0.250. The van der Waals surface area contributed by atoms with E-state index in [4.69, 9.17) is 20.9 Å². The van der Waals surface area contributed by atoms with Crippen LogP contribution in [0.4, 0.5) is 8.78 Å². The van der Waals surface area contributed by atoms with Gasteiger partial charge in [-0.25, -0.2) is 8.78 Å². The Bertz CT molecular complexity index is 935. The van der Waals surface area contributed by atoms with E-state index in [1.165, 1.54) is 12.3 Å². The minimum Gasteiger partial charge on any atom is -0.493 e. The summed E-state index contributed by atoms with van der Waals surface area (Å²) in [6.45, 7) is 0.174. The van der Waals surface area contributed by atoms with Gasteiger partial charge in [0.05, 0.1) is 12.8 Å². The van der Waals surface area contributed by atoms with Crippen LogP contribution in [-0.4, -0.2) is 17.8 Å². The minimum atomic E-state index is -2.59. The van der Waals surface area contributed by atoms with E-state index in [-0.39, 0.29) is 12.3 Å². The van der Waals surface area contributed by atoms with Gasteiger partial charge in [0.2, 0.25) is 0 Å². The fourth-order valence-electron chi connectivity index (χ4n) is 2.83. The molecule has 0 radical (unpaired) electrons. The Morgan fingerprint density at radius 2 is 1.97 bits per heavy atom. The first-order chi connectivity index (χ1) is 13.8. The molecule has 0 saturated carbocycles. The van der Waals surface area contributed by atoms with Crippen LogP contribution >= 0.6 is 22.6 Å².